The molecule has 1 aromatic carbocycles. The molecule has 24 heavy (non-hydrogen) atoms. The number of benzene rings is 1. The van der Waals surface area contributed by atoms with Crippen molar-refractivity contribution in [2.75, 3.05) is 32.7 Å². The summed E-state index contributed by atoms with van der Waals surface area (Å²) in [7, 11) is 0. The molecule has 1 aromatic rings. The van der Waals surface area contributed by atoms with E-state index >= 15 is 0 Å². The lowest BCUT2D eigenvalue weighted by atomic mass is 10.0. The van der Waals surface area contributed by atoms with Crippen LogP contribution in [0.1, 0.15) is 55.6 Å². The number of nitrogens with one attached hydrogen (secondary N) is 1. The molecular weight excluding hydrogens is 302 g/mol. The van der Waals surface area contributed by atoms with E-state index in [9.17, 15) is 9.59 Å². The van der Waals surface area contributed by atoms with E-state index in [2.05, 4.69) is 19.2 Å². The van der Waals surface area contributed by atoms with Crippen molar-refractivity contribution in [2.24, 2.45) is 0 Å². The fourth-order valence-corrected chi connectivity index (χ4v) is 3.19. The summed E-state index contributed by atoms with van der Waals surface area (Å²) in [4.78, 5) is 27.2. The summed E-state index contributed by atoms with van der Waals surface area (Å²) in [5.41, 5.74) is 1.85. The van der Waals surface area contributed by atoms with Crippen molar-refractivity contribution in [2.45, 2.75) is 39.7 Å². The number of nitrogens with zero attached hydrogens (tertiary/aromatic N) is 2. The Bertz CT molecular complexity index is 569. The highest BCUT2D eigenvalue weighted by molar-refractivity contribution is 5.99. The summed E-state index contributed by atoms with van der Waals surface area (Å²) in [6.45, 7) is 10.1. The first-order valence-electron chi connectivity index (χ1n) is 8.96. The zero-order valence-electron chi connectivity index (χ0n) is 15.0. The molecule has 1 fully saturated rings. The lowest BCUT2D eigenvalue weighted by Crippen LogP contribution is -2.48. The summed E-state index contributed by atoms with van der Waals surface area (Å²) in [5, 5.41) is 3.25. The Morgan fingerprint density at radius 2 is 2.00 bits per heavy atom. The van der Waals surface area contributed by atoms with Gasteiger partial charge >= 0.3 is 0 Å². The molecule has 5 heteroatoms. The molecule has 2 aliphatic heterocycles. The number of piperazine rings is 1. The maximum Gasteiger partial charge on any atom is 0.254 e. The molecule has 1 saturated heterocycles. The Balaban J connectivity index is 0.000000256. The second kappa shape index (κ2) is 8.83. The molecule has 1 atom stereocenters. The van der Waals surface area contributed by atoms with Gasteiger partial charge in [-0.3, -0.25) is 9.59 Å². The van der Waals surface area contributed by atoms with E-state index in [0.29, 0.717) is 19.6 Å². The average molecular weight is 331 g/mol. The third-order valence-corrected chi connectivity index (χ3v) is 4.59. The molecule has 0 aliphatic carbocycles. The summed E-state index contributed by atoms with van der Waals surface area (Å²) in [6, 6.07) is 7.74. The van der Waals surface area contributed by atoms with E-state index in [1.807, 2.05) is 34.1 Å². The number of amides is 2. The van der Waals surface area contributed by atoms with Crippen LogP contribution >= 0.6 is 0 Å². The van der Waals surface area contributed by atoms with E-state index in [-0.39, 0.29) is 17.9 Å². The van der Waals surface area contributed by atoms with Gasteiger partial charge in [0.15, 0.2) is 0 Å². The van der Waals surface area contributed by atoms with Crippen molar-refractivity contribution in [3.8, 4) is 0 Å². The second-order valence-electron chi connectivity index (χ2n) is 6.27. The Morgan fingerprint density at radius 3 is 2.67 bits per heavy atom. The highest BCUT2D eigenvalue weighted by Gasteiger charge is 2.40. The number of hydrogen-bond donors (Lipinski definition) is 1. The monoisotopic (exact) mass is 331 g/mol. The Labute approximate surface area is 145 Å². The van der Waals surface area contributed by atoms with Crippen LogP contribution in [-0.4, -0.2) is 54.3 Å². The second-order valence-corrected chi connectivity index (χ2v) is 6.27. The zero-order chi connectivity index (χ0) is 17.5. The predicted molar refractivity (Wildman–Crippen MR) is 95.9 cm³/mol. The Kier molecular flexibility index (Phi) is 6.79. The quantitative estimate of drug-likeness (QED) is 0.862. The molecule has 0 bridgehead atoms. The van der Waals surface area contributed by atoms with Gasteiger partial charge in [0.1, 0.15) is 0 Å². The van der Waals surface area contributed by atoms with Crippen LogP contribution in [0.3, 0.4) is 0 Å². The van der Waals surface area contributed by atoms with Crippen LogP contribution < -0.4 is 5.32 Å². The number of rotatable bonds is 4. The summed E-state index contributed by atoms with van der Waals surface area (Å²) >= 11 is 0. The highest BCUT2D eigenvalue weighted by atomic mass is 16.2. The first kappa shape index (κ1) is 18.5. The van der Waals surface area contributed by atoms with E-state index in [4.69, 9.17) is 0 Å². The molecule has 2 heterocycles. The molecule has 2 aliphatic rings. The standard InChI is InChI=1S/C13H14N2O2.C6H15N/c1-9(16)14-6-7-15-12(8-14)10-4-2-3-5-11(10)13(15)17;1-3-5-6-7-4-2/h2-5,12H,6-8H2,1H3;7H,3-6H2,1-2H3. The molecule has 0 radical (unpaired) electrons. The van der Waals surface area contributed by atoms with Gasteiger partial charge in [0.2, 0.25) is 5.91 Å². The minimum Gasteiger partial charge on any atom is -0.339 e. The van der Waals surface area contributed by atoms with Crippen LogP contribution in [0.2, 0.25) is 0 Å². The summed E-state index contributed by atoms with van der Waals surface area (Å²) < 4.78 is 0. The van der Waals surface area contributed by atoms with Gasteiger partial charge in [0.05, 0.1) is 6.04 Å². The van der Waals surface area contributed by atoms with E-state index in [0.717, 1.165) is 17.7 Å². The van der Waals surface area contributed by atoms with E-state index < -0.39 is 0 Å². The molecule has 0 spiro atoms. The first-order valence-corrected chi connectivity index (χ1v) is 8.96. The largest absolute Gasteiger partial charge is 0.339 e. The Hall–Kier alpha value is -1.88. The first-order chi connectivity index (χ1) is 11.6. The lowest BCUT2D eigenvalue weighted by Gasteiger charge is -2.37. The fourth-order valence-electron chi connectivity index (χ4n) is 3.19. The van der Waals surface area contributed by atoms with Crippen molar-refractivity contribution >= 4 is 11.8 Å². The summed E-state index contributed by atoms with van der Waals surface area (Å²) in [6.07, 6.45) is 2.61. The van der Waals surface area contributed by atoms with Gasteiger partial charge in [-0.05, 0) is 31.1 Å². The maximum atomic E-state index is 12.1. The van der Waals surface area contributed by atoms with Gasteiger partial charge in [-0.15, -0.1) is 0 Å². The minimum absolute atomic E-state index is 0.0522. The van der Waals surface area contributed by atoms with Crippen molar-refractivity contribution in [1.29, 1.82) is 0 Å². The smallest absolute Gasteiger partial charge is 0.254 e. The van der Waals surface area contributed by atoms with Gasteiger partial charge in [-0.25, -0.2) is 0 Å². The van der Waals surface area contributed by atoms with Gasteiger partial charge in [-0.2, -0.15) is 0 Å². The third-order valence-electron chi connectivity index (χ3n) is 4.59. The normalized spacial score (nSPS) is 18.6. The van der Waals surface area contributed by atoms with Crippen molar-refractivity contribution in [1.82, 2.24) is 15.1 Å². The van der Waals surface area contributed by atoms with Gasteiger partial charge in [0.25, 0.3) is 5.91 Å². The number of hydrogen-bond acceptors (Lipinski definition) is 3. The fraction of sp³-hybridized carbons (Fsp3) is 0.579. The van der Waals surface area contributed by atoms with Gasteiger partial charge in [0, 0.05) is 32.1 Å². The highest BCUT2D eigenvalue weighted by Crippen LogP contribution is 2.35. The van der Waals surface area contributed by atoms with Crippen molar-refractivity contribution in [3.63, 3.8) is 0 Å². The molecule has 2 amide bonds. The van der Waals surface area contributed by atoms with Crippen LogP contribution in [0.4, 0.5) is 0 Å². The lowest BCUT2D eigenvalue weighted by molar-refractivity contribution is -0.131. The number of carbonyl (C=O) groups is 2. The minimum atomic E-state index is 0.0522. The van der Waals surface area contributed by atoms with Crippen LogP contribution in [0.25, 0.3) is 0 Å². The zero-order valence-corrected chi connectivity index (χ0v) is 15.0. The average Bonchev–Trinajstić information content (AvgIpc) is 2.89. The molecule has 3 rings (SSSR count). The van der Waals surface area contributed by atoms with Crippen LogP contribution in [0.15, 0.2) is 24.3 Å². The predicted octanol–water partition coefficient (Wildman–Crippen LogP) is 2.44. The van der Waals surface area contributed by atoms with Gasteiger partial charge in [-0.1, -0.05) is 38.5 Å². The van der Waals surface area contributed by atoms with E-state index in [1.165, 1.54) is 19.4 Å². The molecular formula is C19H29N3O2. The van der Waals surface area contributed by atoms with Crippen LogP contribution in [0.5, 0.6) is 0 Å². The molecule has 5 nitrogen and oxygen atoms in total. The molecule has 0 aromatic heterocycles. The molecule has 0 saturated carbocycles. The van der Waals surface area contributed by atoms with Gasteiger partial charge < -0.3 is 15.1 Å². The van der Waals surface area contributed by atoms with E-state index in [1.54, 1.807) is 6.92 Å². The number of carbonyl (C=O) groups excluding carboxylic acids is 2. The van der Waals surface area contributed by atoms with Crippen LogP contribution in [-0.2, 0) is 4.79 Å². The topological polar surface area (TPSA) is 52.7 Å². The summed E-state index contributed by atoms with van der Waals surface area (Å²) in [5.74, 6) is 0.190. The Morgan fingerprint density at radius 1 is 1.25 bits per heavy atom. The van der Waals surface area contributed by atoms with Crippen molar-refractivity contribution < 1.29 is 9.59 Å². The van der Waals surface area contributed by atoms with Crippen LogP contribution in [0, 0.1) is 0 Å². The number of unbranched alkanes of at least 4 members (excludes halogenated alkanes) is 1. The molecule has 1 N–H and O–H groups in total. The maximum absolute atomic E-state index is 12.1. The molecule has 1 unspecified atom stereocenters. The third kappa shape index (κ3) is 4.15. The number of fused-ring (bicyclic) bond motifs is 3. The molecule has 132 valence electrons. The SMILES string of the molecule is CC(=O)N1CCN2C(=O)c3ccccc3C2C1.CCCCNCC. The van der Waals surface area contributed by atoms with Crippen molar-refractivity contribution in [3.05, 3.63) is 35.4 Å².